The quantitative estimate of drug-likeness (QED) is 0.523. The number of rotatable bonds is 0. The SMILES string of the molecule is c1cc2[nH][nH+]cc2nn1. The van der Waals surface area contributed by atoms with Crippen LogP contribution in [0.15, 0.2) is 18.5 Å². The van der Waals surface area contributed by atoms with Crippen molar-refractivity contribution in [3.05, 3.63) is 18.5 Å². The first kappa shape index (κ1) is 4.43. The van der Waals surface area contributed by atoms with E-state index >= 15 is 0 Å². The van der Waals surface area contributed by atoms with E-state index in [4.69, 9.17) is 0 Å². The second-order valence-electron chi connectivity index (χ2n) is 1.74. The Bertz CT molecular complexity index is 283. The smallest absolute Gasteiger partial charge is 0.165 e. The zero-order valence-corrected chi connectivity index (χ0v) is 4.63. The monoisotopic (exact) mass is 121 g/mol. The van der Waals surface area contributed by atoms with Gasteiger partial charge in [-0.05, 0) is 6.07 Å². The van der Waals surface area contributed by atoms with Crippen molar-refractivity contribution in [3.63, 3.8) is 0 Å². The first-order valence-corrected chi connectivity index (χ1v) is 2.63. The molecule has 0 spiro atoms. The molecular weight excluding hydrogens is 116 g/mol. The van der Waals surface area contributed by atoms with E-state index < -0.39 is 0 Å². The maximum absolute atomic E-state index is 3.83. The van der Waals surface area contributed by atoms with Crippen LogP contribution >= 0.6 is 0 Å². The fraction of sp³-hybridized carbons (Fsp3) is 0. The molecule has 2 rings (SSSR count). The van der Waals surface area contributed by atoms with E-state index in [9.17, 15) is 0 Å². The third-order valence-electron chi connectivity index (χ3n) is 1.17. The number of hydrogen-bond donors (Lipinski definition) is 1. The van der Waals surface area contributed by atoms with Crippen molar-refractivity contribution in [2.24, 2.45) is 0 Å². The van der Waals surface area contributed by atoms with Gasteiger partial charge in [0.2, 0.25) is 6.20 Å². The number of hydrogen-bond acceptors (Lipinski definition) is 2. The lowest BCUT2D eigenvalue weighted by Crippen LogP contribution is -1.96. The van der Waals surface area contributed by atoms with Gasteiger partial charge < -0.3 is 0 Å². The molecule has 0 aromatic carbocycles. The summed E-state index contributed by atoms with van der Waals surface area (Å²) in [5, 5.41) is 13.2. The van der Waals surface area contributed by atoms with Crippen LogP contribution in [0.5, 0.6) is 0 Å². The highest BCUT2D eigenvalue weighted by Gasteiger charge is 1.96. The molecule has 0 radical (unpaired) electrons. The van der Waals surface area contributed by atoms with Gasteiger partial charge >= 0.3 is 0 Å². The molecule has 0 aliphatic carbocycles. The van der Waals surface area contributed by atoms with E-state index in [1.807, 2.05) is 6.07 Å². The Balaban J connectivity index is 2.95. The van der Waals surface area contributed by atoms with Crippen LogP contribution in [0.3, 0.4) is 0 Å². The van der Waals surface area contributed by atoms with Crippen molar-refractivity contribution in [1.82, 2.24) is 15.3 Å². The summed E-state index contributed by atoms with van der Waals surface area (Å²) in [4.78, 5) is 0. The molecule has 0 fully saturated rings. The number of fused-ring (bicyclic) bond motifs is 1. The van der Waals surface area contributed by atoms with E-state index in [0.717, 1.165) is 11.0 Å². The zero-order chi connectivity index (χ0) is 6.10. The fourth-order valence-corrected chi connectivity index (χ4v) is 0.737. The van der Waals surface area contributed by atoms with Crippen molar-refractivity contribution >= 4 is 11.0 Å². The molecular formula is C5H5N4+. The van der Waals surface area contributed by atoms with Gasteiger partial charge in [0, 0.05) is 0 Å². The van der Waals surface area contributed by atoms with Crippen LogP contribution in [-0.4, -0.2) is 15.3 Å². The summed E-state index contributed by atoms with van der Waals surface area (Å²) in [7, 11) is 0. The lowest BCUT2D eigenvalue weighted by Gasteiger charge is -1.76. The topological polar surface area (TPSA) is 55.7 Å². The van der Waals surface area contributed by atoms with Gasteiger partial charge in [-0.3, -0.25) is 0 Å². The molecule has 0 saturated heterocycles. The first-order chi connectivity index (χ1) is 4.47. The predicted molar refractivity (Wildman–Crippen MR) is 30.4 cm³/mol. The number of aromatic nitrogens is 4. The van der Waals surface area contributed by atoms with Gasteiger partial charge in [-0.25, -0.2) is 0 Å². The minimum atomic E-state index is 0.859. The Hall–Kier alpha value is -1.45. The molecule has 2 aromatic heterocycles. The average Bonchev–Trinajstić information content (AvgIpc) is 2.33. The van der Waals surface area contributed by atoms with Gasteiger partial charge in [0.05, 0.1) is 6.20 Å². The van der Waals surface area contributed by atoms with Gasteiger partial charge in [0.15, 0.2) is 5.52 Å². The van der Waals surface area contributed by atoms with Crippen LogP contribution in [0.4, 0.5) is 0 Å². The Labute approximate surface area is 50.9 Å². The maximum Gasteiger partial charge on any atom is 0.220 e. The Morgan fingerprint density at radius 1 is 1.56 bits per heavy atom. The molecule has 0 amide bonds. The minimum absolute atomic E-state index is 0.859. The molecule has 4 heteroatoms. The van der Waals surface area contributed by atoms with Crippen LogP contribution in [0.1, 0.15) is 0 Å². The summed E-state index contributed by atoms with van der Waals surface area (Å²) < 4.78 is 0. The van der Waals surface area contributed by atoms with Crippen LogP contribution in [-0.2, 0) is 0 Å². The number of aromatic amines is 2. The van der Waals surface area contributed by atoms with Crippen molar-refractivity contribution < 1.29 is 5.10 Å². The summed E-state index contributed by atoms with van der Waals surface area (Å²) in [5.41, 5.74) is 1.84. The molecule has 0 unspecified atom stereocenters. The number of H-pyrrole nitrogens is 2. The average molecular weight is 121 g/mol. The molecule has 2 N–H and O–H groups in total. The molecule has 44 valence electrons. The second-order valence-corrected chi connectivity index (χ2v) is 1.74. The largest absolute Gasteiger partial charge is 0.220 e. The predicted octanol–water partition coefficient (Wildman–Crippen LogP) is -0.228. The van der Waals surface area contributed by atoms with Crippen molar-refractivity contribution in [2.45, 2.75) is 0 Å². The molecule has 0 aliphatic rings. The third-order valence-corrected chi connectivity index (χ3v) is 1.17. The highest BCUT2D eigenvalue weighted by molar-refractivity contribution is 5.70. The molecule has 0 aliphatic heterocycles. The maximum atomic E-state index is 3.83. The van der Waals surface area contributed by atoms with Gasteiger partial charge in [-0.15, -0.1) is 10.2 Å². The van der Waals surface area contributed by atoms with E-state index in [1.54, 1.807) is 12.4 Å². The lowest BCUT2D eigenvalue weighted by molar-refractivity contribution is -0.446. The van der Waals surface area contributed by atoms with Crippen LogP contribution in [0.25, 0.3) is 11.0 Å². The molecule has 0 bridgehead atoms. The summed E-state index contributed by atoms with van der Waals surface area (Å²) in [6.07, 6.45) is 3.41. The Morgan fingerprint density at radius 3 is 3.44 bits per heavy atom. The van der Waals surface area contributed by atoms with Crippen molar-refractivity contribution in [3.8, 4) is 0 Å². The molecule has 0 saturated carbocycles. The standard InChI is InChI=1S/C5H4N4/c1-2-6-9-5-3-7-8-4(1)5/h1-3H,(H,7,8)/p+1. The number of nitrogens with one attached hydrogen (secondary N) is 2. The lowest BCUT2D eigenvalue weighted by atomic mass is 10.4. The molecule has 2 aromatic rings. The van der Waals surface area contributed by atoms with E-state index in [0.29, 0.717) is 0 Å². The molecule has 0 atom stereocenters. The summed E-state index contributed by atoms with van der Waals surface area (Å²) in [5.74, 6) is 0. The first-order valence-electron chi connectivity index (χ1n) is 2.63. The molecule has 9 heavy (non-hydrogen) atoms. The van der Waals surface area contributed by atoms with Gasteiger partial charge in [0.1, 0.15) is 5.52 Å². The molecule has 4 nitrogen and oxygen atoms in total. The van der Waals surface area contributed by atoms with E-state index in [2.05, 4.69) is 20.4 Å². The summed E-state index contributed by atoms with van der Waals surface area (Å²) in [6.45, 7) is 0. The zero-order valence-electron chi connectivity index (χ0n) is 4.63. The van der Waals surface area contributed by atoms with Crippen LogP contribution in [0.2, 0.25) is 0 Å². The highest BCUT2D eigenvalue weighted by atomic mass is 15.2. The van der Waals surface area contributed by atoms with E-state index in [-0.39, 0.29) is 0 Å². The third kappa shape index (κ3) is 0.561. The summed E-state index contributed by atoms with van der Waals surface area (Å²) in [6, 6.07) is 1.86. The highest BCUT2D eigenvalue weighted by Crippen LogP contribution is 1.98. The van der Waals surface area contributed by atoms with Crippen LogP contribution in [0, 0.1) is 0 Å². The van der Waals surface area contributed by atoms with E-state index in [1.165, 1.54) is 0 Å². The number of nitrogens with zero attached hydrogens (tertiary/aromatic N) is 2. The Morgan fingerprint density at radius 2 is 2.56 bits per heavy atom. The Kier molecular flexibility index (Phi) is 0.745. The second kappa shape index (κ2) is 1.51. The fourth-order valence-electron chi connectivity index (χ4n) is 0.737. The molecule has 2 heterocycles. The minimum Gasteiger partial charge on any atom is -0.165 e. The van der Waals surface area contributed by atoms with Crippen LogP contribution < -0.4 is 5.10 Å². The van der Waals surface area contributed by atoms with Gasteiger partial charge in [0.25, 0.3) is 0 Å². The van der Waals surface area contributed by atoms with Crippen molar-refractivity contribution in [2.75, 3.05) is 0 Å². The van der Waals surface area contributed by atoms with Crippen molar-refractivity contribution in [1.29, 1.82) is 0 Å². The normalized spacial score (nSPS) is 10.2. The summed E-state index contributed by atoms with van der Waals surface area (Å²) >= 11 is 0. The van der Waals surface area contributed by atoms with Gasteiger partial charge in [-0.1, -0.05) is 0 Å². The van der Waals surface area contributed by atoms with Gasteiger partial charge in [-0.2, -0.15) is 10.2 Å².